The van der Waals surface area contributed by atoms with Crippen LogP contribution in [0.25, 0.3) is 0 Å². The maximum atomic E-state index is 2.63. The number of quaternary nitrogens is 3. The molecule has 0 fully saturated rings. The second-order valence-electron chi connectivity index (χ2n) is 10.5. The predicted molar refractivity (Wildman–Crippen MR) is 180 cm³/mol. The van der Waals surface area contributed by atoms with E-state index in [2.05, 4.69) is 93.6 Å². The zero-order valence-corrected chi connectivity index (χ0v) is 30.0. The van der Waals surface area contributed by atoms with Crippen LogP contribution in [0.1, 0.15) is 16.7 Å². The number of rotatable bonds is 15. The van der Waals surface area contributed by atoms with Crippen LogP contribution in [0, 0.1) is 0 Å². The van der Waals surface area contributed by atoms with Gasteiger partial charge in [-0.3, -0.25) is 4.90 Å². The largest absolute Gasteiger partial charge is 0.351 e. The molecule has 6 aromatic carbocycles. The Bertz CT molecular complexity index is 1050. The third kappa shape index (κ3) is 22.9. The average molecular weight is 743 g/mol. The second kappa shape index (κ2) is 31.1. The van der Waals surface area contributed by atoms with Gasteiger partial charge in [0.05, 0.1) is 39.3 Å². The molecule has 0 amide bonds. The van der Waals surface area contributed by atoms with Crippen molar-refractivity contribution in [2.45, 2.75) is 19.6 Å². The predicted octanol–water partition coefficient (Wildman–Crippen LogP) is 3.94. The van der Waals surface area contributed by atoms with Crippen LogP contribution in [-0.4, -0.2) is 44.2 Å². The van der Waals surface area contributed by atoms with Crippen LogP contribution in [0.4, 0.5) is 0 Å². The number of nitrogens with zero attached hydrogens (tertiary/aromatic N) is 1. The maximum Gasteiger partial charge on any atom is 0.0879 e. The summed E-state index contributed by atoms with van der Waals surface area (Å²) in [6.07, 6.45) is 0. The fourth-order valence-electron chi connectivity index (χ4n) is 4.58. The molecule has 0 saturated heterocycles. The topological polar surface area (TPSA) is 53.1 Å². The molecule has 0 spiro atoms. The van der Waals surface area contributed by atoms with E-state index in [1.54, 1.807) is 0 Å². The monoisotopic (exact) mass is 743 g/mol. The fraction of sp³-hybridized carbons (Fsp3) is 0.231. The molecule has 0 heterocycles. The third-order valence-electron chi connectivity index (χ3n) is 6.95. The molecular formula is C39H51Fe3N4-3. The van der Waals surface area contributed by atoms with Gasteiger partial charge in [-0.15, -0.1) is 16.7 Å². The van der Waals surface area contributed by atoms with E-state index in [4.69, 9.17) is 0 Å². The standard InChI is InChI=1S/C24H33N4.3C5H5.3Fe/c1-2-8-22(7-1)19-25-13-16-28(17-14-26-20-23-9-3-4-10-23)18-15-27-21-24-11-5-6-12-24;3*1-2-4-5-3-1;;;/h1-12,25-27H,13-21H2;3*1-5H;;;/q-3;3*-1;;;/p+3. The molecule has 0 saturated carbocycles. The summed E-state index contributed by atoms with van der Waals surface area (Å²) in [6, 6.07) is 56.0. The van der Waals surface area contributed by atoms with Crippen LogP contribution >= 0.6 is 0 Å². The van der Waals surface area contributed by atoms with Crippen molar-refractivity contribution in [3.63, 3.8) is 0 Å². The Hall–Kier alpha value is -2.50. The van der Waals surface area contributed by atoms with Crippen molar-refractivity contribution in [3.8, 4) is 0 Å². The first-order valence-corrected chi connectivity index (χ1v) is 15.7. The van der Waals surface area contributed by atoms with Crippen molar-refractivity contribution in [1.29, 1.82) is 0 Å². The first-order valence-electron chi connectivity index (χ1n) is 15.7. The Kier molecular flexibility index (Phi) is 29.4. The van der Waals surface area contributed by atoms with Gasteiger partial charge in [-0.25, -0.2) is 72.8 Å². The summed E-state index contributed by atoms with van der Waals surface area (Å²) in [7, 11) is 0. The van der Waals surface area contributed by atoms with Crippen LogP contribution in [0.3, 0.4) is 0 Å². The summed E-state index contributed by atoms with van der Waals surface area (Å²) in [5.74, 6) is 0. The van der Waals surface area contributed by atoms with E-state index in [1.165, 1.54) is 16.7 Å². The van der Waals surface area contributed by atoms with Gasteiger partial charge in [-0.05, 0) is 0 Å². The molecule has 0 atom stereocenters. The van der Waals surface area contributed by atoms with E-state index in [0.717, 1.165) is 58.9 Å². The van der Waals surface area contributed by atoms with E-state index in [0.29, 0.717) is 0 Å². The van der Waals surface area contributed by atoms with Gasteiger partial charge in [0.25, 0.3) is 0 Å². The molecule has 0 bridgehead atoms. The Morgan fingerprint density at radius 1 is 0.370 bits per heavy atom. The molecule has 0 aliphatic carbocycles. The summed E-state index contributed by atoms with van der Waals surface area (Å²) >= 11 is 0. The van der Waals surface area contributed by atoms with Crippen LogP contribution in [0.2, 0.25) is 0 Å². The molecule has 6 aromatic rings. The quantitative estimate of drug-likeness (QED) is 0.0835. The molecule has 4 nitrogen and oxygen atoms in total. The summed E-state index contributed by atoms with van der Waals surface area (Å²) in [5.41, 5.74) is 4.29. The van der Waals surface area contributed by atoms with Gasteiger partial charge in [0.15, 0.2) is 0 Å². The molecule has 0 aliphatic heterocycles. The van der Waals surface area contributed by atoms with Crippen molar-refractivity contribution in [2.75, 3.05) is 39.3 Å². The fourth-order valence-corrected chi connectivity index (χ4v) is 4.58. The van der Waals surface area contributed by atoms with Gasteiger partial charge >= 0.3 is 0 Å². The molecule has 254 valence electrons. The molecular weight excluding hydrogens is 692 g/mol. The number of hydrogen-bond acceptors (Lipinski definition) is 1. The van der Waals surface area contributed by atoms with Crippen LogP contribution in [0.15, 0.2) is 164 Å². The first kappa shape index (κ1) is 43.5. The molecule has 0 aliphatic rings. The van der Waals surface area contributed by atoms with E-state index in [9.17, 15) is 0 Å². The van der Waals surface area contributed by atoms with Crippen molar-refractivity contribution < 1.29 is 67.2 Å². The van der Waals surface area contributed by atoms with Crippen LogP contribution in [0.5, 0.6) is 0 Å². The van der Waals surface area contributed by atoms with Crippen molar-refractivity contribution in [2.24, 2.45) is 0 Å². The van der Waals surface area contributed by atoms with Gasteiger partial charge < -0.3 is 16.0 Å². The van der Waals surface area contributed by atoms with Gasteiger partial charge in [0.2, 0.25) is 0 Å². The normalized spacial score (nSPS) is 9.59. The maximum absolute atomic E-state index is 2.63. The molecule has 7 heteroatoms. The van der Waals surface area contributed by atoms with Gasteiger partial charge in [0.1, 0.15) is 0 Å². The SMILES string of the molecule is [Fe].[Fe].[Fe].c1cc[c-](C[NH2+]CCN(CC[NH2+]C[c-]2cccc2)CC[NH2+]C[c-]2cccc2)c1.c1cc[cH-]c1.c1cc[cH-]c1.c1cc[cH-]c1. The molecule has 0 radical (unpaired) electrons. The van der Waals surface area contributed by atoms with E-state index >= 15 is 0 Å². The molecule has 46 heavy (non-hydrogen) atoms. The zero-order valence-electron chi connectivity index (χ0n) is 26.7. The van der Waals surface area contributed by atoms with E-state index in [-0.39, 0.29) is 51.2 Å². The second-order valence-corrected chi connectivity index (χ2v) is 10.5. The Morgan fingerprint density at radius 2 is 0.609 bits per heavy atom. The zero-order chi connectivity index (χ0) is 29.9. The first-order chi connectivity index (χ1) is 21.4. The Morgan fingerprint density at radius 3 is 0.804 bits per heavy atom. The average Bonchev–Trinajstić information content (AvgIpc) is 3.91. The minimum Gasteiger partial charge on any atom is -0.351 e. The number of nitrogens with two attached hydrogens (primary N) is 3. The van der Waals surface area contributed by atoms with Gasteiger partial charge in [-0.2, -0.15) is 91.0 Å². The van der Waals surface area contributed by atoms with E-state index in [1.807, 2.05) is 91.0 Å². The Balaban J connectivity index is 0.000000915. The van der Waals surface area contributed by atoms with Crippen molar-refractivity contribution in [3.05, 3.63) is 180 Å². The smallest absolute Gasteiger partial charge is 0.0879 e. The summed E-state index contributed by atoms with van der Waals surface area (Å²) in [5, 5.41) is 7.30. The van der Waals surface area contributed by atoms with E-state index < -0.39 is 0 Å². The van der Waals surface area contributed by atoms with Crippen LogP contribution in [-0.2, 0) is 70.8 Å². The number of hydrogen-bond donors (Lipinski definition) is 3. The molecule has 6 N–H and O–H groups in total. The van der Waals surface area contributed by atoms with Crippen molar-refractivity contribution in [1.82, 2.24) is 4.90 Å². The Labute approximate surface area is 309 Å². The minimum absolute atomic E-state index is 0. The summed E-state index contributed by atoms with van der Waals surface area (Å²) < 4.78 is 0. The summed E-state index contributed by atoms with van der Waals surface area (Å²) in [4.78, 5) is 2.63. The van der Waals surface area contributed by atoms with Crippen LogP contribution < -0.4 is 16.0 Å². The molecule has 0 unspecified atom stereocenters. The van der Waals surface area contributed by atoms with Crippen molar-refractivity contribution >= 4 is 0 Å². The van der Waals surface area contributed by atoms with Gasteiger partial charge in [-0.1, -0.05) is 0 Å². The summed E-state index contributed by atoms with van der Waals surface area (Å²) in [6.45, 7) is 10.2. The van der Waals surface area contributed by atoms with Gasteiger partial charge in [0, 0.05) is 70.8 Å². The molecule has 6 rings (SSSR count). The molecule has 0 aromatic heterocycles. The minimum atomic E-state index is 0. The third-order valence-corrected chi connectivity index (χ3v) is 6.95.